The quantitative estimate of drug-likeness (QED) is 0.211. The molecule has 0 fully saturated rings. The van der Waals surface area contributed by atoms with E-state index in [1.165, 1.54) is 33.2 Å². The first-order chi connectivity index (χ1) is 21.7. The summed E-state index contributed by atoms with van der Waals surface area (Å²) in [6, 6.07) is 41.2. The molecule has 0 saturated carbocycles. The number of allylic oxidation sites excluding steroid dienone is 5. The summed E-state index contributed by atoms with van der Waals surface area (Å²) in [6.07, 6.45) is 14.8. The van der Waals surface area contributed by atoms with Crippen molar-refractivity contribution in [3.63, 3.8) is 0 Å². The molecule has 0 amide bonds. The Kier molecular flexibility index (Phi) is 6.46. The van der Waals surface area contributed by atoms with Gasteiger partial charge in [0.2, 0.25) is 0 Å². The van der Waals surface area contributed by atoms with Crippen LogP contribution in [-0.4, -0.2) is 0 Å². The Labute approximate surface area is 258 Å². The van der Waals surface area contributed by atoms with Crippen LogP contribution in [0.15, 0.2) is 157 Å². The minimum atomic E-state index is 0.944. The van der Waals surface area contributed by atoms with E-state index in [0.717, 1.165) is 57.8 Å². The third-order valence-electron chi connectivity index (χ3n) is 8.62. The fourth-order valence-corrected chi connectivity index (χ4v) is 6.42. The molecule has 0 bridgehead atoms. The van der Waals surface area contributed by atoms with Gasteiger partial charge in [0.1, 0.15) is 11.3 Å². The molecule has 0 spiro atoms. The zero-order valence-electron chi connectivity index (χ0n) is 24.4. The first-order valence-corrected chi connectivity index (χ1v) is 15.2. The van der Waals surface area contributed by atoms with Crippen LogP contribution in [0.2, 0.25) is 0 Å². The lowest BCUT2D eigenvalue weighted by atomic mass is 9.94. The lowest BCUT2D eigenvalue weighted by molar-refractivity contribution is 0.547. The third-order valence-corrected chi connectivity index (χ3v) is 8.62. The van der Waals surface area contributed by atoms with E-state index < -0.39 is 0 Å². The molecule has 1 aliphatic carbocycles. The molecule has 6 aromatic rings. The molecule has 8 rings (SSSR count). The summed E-state index contributed by atoms with van der Waals surface area (Å²) in [7, 11) is 0. The van der Waals surface area contributed by atoms with Crippen molar-refractivity contribution in [1.82, 2.24) is 0 Å². The second-order valence-corrected chi connectivity index (χ2v) is 11.4. The molecule has 1 aromatic heterocycles. The van der Waals surface area contributed by atoms with Crippen LogP contribution in [0.25, 0.3) is 56.0 Å². The Morgan fingerprint density at radius 2 is 1.36 bits per heavy atom. The number of furan rings is 1. The fraction of sp³-hybridized carbons (Fsp3) is 0.0476. The summed E-state index contributed by atoms with van der Waals surface area (Å²) in [5.41, 5.74) is 13.3. The highest BCUT2D eigenvalue weighted by Crippen LogP contribution is 2.42. The number of aryl methyl sites for hydroxylation is 1. The third kappa shape index (κ3) is 4.62. The van der Waals surface area contributed by atoms with Crippen molar-refractivity contribution in [2.24, 2.45) is 0 Å². The summed E-state index contributed by atoms with van der Waals surface area (Å²) in [4.78, 5) is 2.28. The first kappa shape index (κ1) is 26.1. The van der Waals surface area contributed by atoms with Gasteiger partial charge in [-0.3, -0.25) is 0 Å². The van der Waals surface area contributed by atoms with Crippen molar-refractivity contribution >= 4 is 34.0 Å². The monoisotopic (exact) mass is 565 g/mol. The average molecular weight is 566 g/mol. The maximum atomic E-state index is 6.48. The summed E-state index contributed by atoms with van der Waals surface area (Å²) >= 11 is 0. The van der Waals surface area contributed by atoms with Crippen LogP contribution in [0.4, 0.5) is 11.4 Å². The van der Waals surface area contributed by atoms with Crippen molar-refractivity contribution in [2.45, 2.75) is 12.8 Å². The summed E-state index contributed by atoms with van der Waals surface area (Å²) in [5, 5.41) is 1.18. The number of fused-ring (bicyclic) bond motifs is 4. The van der Waals surface area contributed by atoms with E-state index in [1.54, 1.807) is 0 Å². The fourth-order valence-electron chi connectivity index (χ4n) is 6.42. The van der Waals surface area contributed by atoms with Crippen LogP contribution in [0.5, 0.6) is 0 Å². The Hall–Kier alpha value is -5.60. The molecule has 2 heteroatoms. The Bertz CT molecular complexity index is 2070. The molecule has 0 radical (unpaired) electrons. The molecule has 210 valence electrons. The van der Waals surface area contributed by atoms with E-state index in [1.807, 2.05) is 0 Å². The van der Waals surface area contributed by atoms with Gasteiger partial charge in [0.25, 0.3) is 0 Å². The van der Waals surface area contributed by atoms with Crippen LogP contribution in [0.3, 0.4) is 0 Å². The van der Waals surface area contributed by atoms with E-state index in [0.29, 0.717) is 0 Å². The maximum Gasteiger partial charge on any atom is 0.142 e. The van der Waals surface area contributed by atoms with Crippen LogP contribution < -0.4 is 4.90 Å². The Morgan fingerprint density at radius 1 is 0.614 bits per heavy atom. The highest BCUT2D eigenvalue weighted by molar-refractivity contribution is 6.00. The van der Waals surface area contributed by atoms with Gasteiger partial charge < -0.3 is 9.32 Å². The van der Waals surface area contributed by atoms with E-state index in [4.69, 9.17) is 4.42 Å². The normalized spacial score (nSPS) is 15.4. The van der Waals surface area contributed by atoms with Gasteiger partial charge in [-0.15, -0.1) is 0 Å². The predicted octanol–water partition coefficient (Wildman–Crippen LogP) is 11.6. The minimum Gasteiger partial charge on any atom is -0.460 e. The molecule has 44 heavy (non-hydrogen) atoms. The van der Waals surface area contributed by atoms with Crippen molar-refractivity contribution in [2.75, 3.05) is 4.90 Å². The zero-order valence-corrected chi connectivity index (χ0v) is 24.4. The van der Waals surface area contributed by atoms with E-state index in [9.17, 15) is 0 Å². The molecular formula is C42H31NO. The Balaban J connectivity index is 1.29. The van der Waals surface area contributed by atoms with E-state index >= 15 is 0 Å². The van der Waals surface area contributed by atoms with Crippen LogP contribution in [0.1, 0.15) is 23.3 Å². The van der Waals surface area contributed by atoms with Crippen molar-refractivity contribution in [3.05, 3.63) is 169 Å². The lowest BCUT2D eigenvalue weighted by Crippen LogP contribution is -2.12. The average Bonchev–Trinajstić information content (AvgIpc) is 3.47. The van der Waals surface area contributed by atoms with Crippen LogP contribution >= 0.6 is 0 Å². The maximum absolute atomic E-state index is 6.48. The van der Waals surface area contributed by atoms with Crippen molar-refractivity contribution < 1.29 is 4.42 Å². The molecule has 0 saturated heterocycles. The van der Waals surface area contributed by atoms with Gasteiger partial charge in [-0.25, -0.2) is 0 Å². The first-order valence-electron chi connectivity index (χ1n) is 15.2. The molecule has 5 aromatic carbocycles. The van der Waals surface area contributed by atoms with Crippen LogP contribution in [-0.2, 0) is 6.42 Å². The minimum absolute atomic E-state index is 0.944. The number of hydrogen-bond acceptors (Lipinski definition) is 2. The number of benzene rings is 5. The zero-order chi connectivity index (χ0) is 29.5. The predicted molar refractivity (Wildman–Crippen MR) is 186 cm³/mol. The molecule has 1 aliphatic heterocycles. The Morgan fingerprint density at radius 3 is 2.11 bits per heavy atom. The van der Waals surface area contributed by atoms with Crippen LogP contribution in [0, 0.1) is 0 Å². The summed E-state index contributed by atoms with van der Waals surface area (Å²) in [5.74, 6) is 1.08. The smallest absolute Gasteiger partial charge is 0.142 e. The van der Waals surface area contributed by atoms with Gasteiger partial charge in [-0.05, 0) is 76.2 Å². The van der Waals surface area contributed by atoms with Gasteiger partial charge >= 0.3 is 0 Å². The van der Waals surface area contributed by atoms with Gasteiger partial charge in [0.05, 0.1) is 5.69 Å². The number of rotatable bonds is 4. The van der Waals surface area contributed by atoms with Crippen molar-refractivity contribution in [1.29, 1.82) is 0 Å². The number of hydrogen-bond donors (Lipinski definition) is 0. The molecule has 2 aliphatic rings. The topological polar surface area (TPSA) is 16.4 Å². The molecule has 2 nitrogen and oxygen atoms in total. The molecular weight excluding hydrogens is 534 g/mol. The van der Waals surface area contributed by atoms with Gasteiger partial charge in [-0.2, -0.15) is 0 Å². The number of para-hydroxylation sites is 1. The van der Waals surface area contributed by atoms with Gasteiger partial charge in [-0.1, -0.05) is 116 Å². The van der Waals surface area contributed by atoms with Gasteiger partial charge in [0, 0.05) is 40.4 Å². The summed E-state index contributed by atoms with van der Waals surface area (Å²) < 4.78 is 6.48. The van der Waals surface area contributed by atoms with Crippen molar-refractivity contribution in [3.8, 4) is 33.4 Å². The van der Waals surface area contributed by atoms with E-state index in [2.05, 4.69) is 163 Å². The highest BCUT2D eigenvalue weighted by atomic mass is 16.3. The molecule has 0 N–H and O–H groups in total. The SMILES string of the molecule is C=C1/C=C\C=C/N(c2cc(-c3ccccc3)cc(-c3ccccc3)c2)c2ccc(-c3cccc4c5c(oc34)CCC=C5)cc21. The van der Waals surface area contributed by atoms with Gasteiger partial charge in [0.15, 0.2) is 0 Å². The largest absolute Gasteiger partial charge is 0.460 e. The molecule has 2 heterocycles. The number of anilines is 2. The standard InChI is InChI=1S/C42H31NO/c1-29-13-10-11-24-43(35-26-33(30-14-4-2-5-15-30)25-34(27-35)31-16-6-3-7-17-31)40-23-22-32(28-39(29)40)36-19-12-20-38-37-18-8-9-21-41(37)44-42(36)38/h2-8,10-20,22-28H,1,9,21H2/b13-10-,24-11-. The number of nitrogens with zero attached hydrogens (tertiary/aromatic N) is 1. The lowest BCUT2D eigenvalue weighted by Gasteiger charge is -2.27. The van der Waals surface area contributed by atoms with E-state index in [-0.39, 0.29) is 0 Å². The second kappa shape index (κ2) is 10.9. The molecule has 0 unspecified atom stereocenters. The molecule has 0 atom stereocenters. The second-order valence-electron chi connectivity index (χ2n) is 11.4. The highest BCUT2D eigenvalue weighted by Gasteiger charge is 2.20. The summed E-state index contributed by atoms with van der Waals surface area (Å²) in [6.45, 7) is 4.49.